The molecule has 0 aliphatic heterocycles. The third kappa shape index (κ3) is 5.15. The maximum Gasteiger partial charge on any atom is 0.262 e. The number of ether oxygens (including phenoxy) is 1. The highest BCUT2D eigenvalue weighted by Gasteiger charge is 2.13. The third-order valence-electron chi connectivity index (χ3n) is 5.40. The summed E-state index contributed by atoms with van der Waals surface area (Å²) in [6, 6.07) is 22.2. The van der Waals surface area contributed by atoms with Crippen LogP contribution in [0.2, 0.25) is 0 Å². The summed E-state index contributed by atoms with van der Waals surface area (Å²) in [5, 5.41) is 3.29. The van der Waals surface area contributed by atoms with Crippen LogP contribution < -0.4 is 20.5 Å². The SMILES string of the molecule is COc1ccc(NC(=O)Cn2c(/C=C/c3ccc(N(C)C)cc3)nc3ccccc3c2=O)cc1. The molecule has 0 bridgehead atoms. The number of nitrogens with zero attached hydrogens (tertiary/aromatic N) is 3. The van der Waals surface area contributed by atoms with E-state index in [-0.39, 0.29) is 18.0 Å². The first-order valence-electron chi connectivity index (χ1n) is 10.8. The maximum absolute atomic E-state index is 13.2. The first-order chi connectivity index (χ1) is 16.4. The molecule has 1 aromatic heterocycles. The number of carbonyl (C=O) groups is 1. The van der Waals surface area contributed by atoms with Crippen molar-refractivity contribution < 1.29 is 9.53 Å². The lowest BCUT2D eigenvalue weighted by Crippen LogP contribution is -2.30. The number of benzene rings is 3. The Labute approximate surface area is 197 Å². The summed E-state index contributed by atoms with van der Waals surface area (Å²) in [6.45, 7) is -0.165. The van der Waals surface area contributed by atoms with Gasteiger partial charge in [-0.05, 0) is 60.2 Å². The molecule has 0 aliphatic rings. The Balaban J connectivity index is 1.65. The molecule has 7 nitrogen and oxygen atoms in total. The van der Waals surface area contributed by atoms with Gasteiger partial charge in [0.1, 0.15) is 18.1 Å². The molecule has 3 aromatic carbocycles. The molecule has 0 spiro atoms. The average molecular weight is 455 g/mol. The van der Waals surface area contributed by atoms with Gasteiger partial charge in [-0.3, -0.25) is 14.2 Å². The van der Waals surface area contributed by atoms with Gasteiger partial charge in [-0.1, -0.05) is 30.3 Å². The zero-order valence-electron chi connectivity index (χ0n) is 19.4. The minimum absolute atomic E-state index is 0.165. The van der Waals surface area contributed by atoms with Gasteiger partial charge in [0.15, 0.2) is 0 Å². The van der Waals surface area contributed by atoms with Gasteiger partial charge < -0.3 is 15.0 Å². The van der Waals surface area contributed by atoms with E-state index in [4.69, 9.17) is 4.74 Å². The highest BCUT2D eigenvalue weighted by molar-refractivity contribution is 5.91. The van der Waals surface area contributed by atoms with Crippen LogP contribution in [0.3, 0.4) is 0 Å². The van der Waals surface area contributed by atoms with Crippen LogP contribution in [0.5, 0.6) is 5.75 Å². The summed E-state index contributed by atoms with van der Waals surface area (Å²) in [5.41, 5.74) is 2.99. The number of methoxy groups -OCH3 is 1. The first-order valence-corrected chi connectivity index (χ1v) is 10.8. The van der Waals surface area contributed by atoms with Crippen molar-refractivity contribution in [3.63, 3.8) is 0 Å². The topological polar surface area (TPSA) is 76.5 Å². The normalized spacial score (nSPS) is 11.0. The molecule has 1 N–H and O–H groups in total. The fraction of sp³-hybridized carbons (Fsp3) is 0.148. The van der Waals surface area contributed by atoms with Gasteiger partial charge in [-0.2, -0.15) is 0 Å². The molecular weight excluding hydrogens is 428 g/mol. The van der Waals surface area contributed by atoms with E-state index in [1.54, 1.807) is 55.7 Å². The zero-order chi connectivity index (χ0) is 24.1. The molecule has 4 aromatic rings. The molecule has 4 rings (SSSR count). The van der Waals surface area contributed by atoms with Crippen molar-refractivity contribution >= 4 is 40.3 Å². The van der Waals surface area contributed by atoms with Crippen LogP contribution in [-0.4, -0.2) is 36.7 Å². The Bertz CT molecular complexity index is 1390. The molecule has 0 radical (unpaired) electrons. The van der Waals surface area contributed by atoms with Gasteiger partial charge in [0.25, 0.3) is 5.56 Å². The van der Waals surface area contributed by atoms with E-state index < -0.39 is 0 Å². The highest BCUT2D eigenvalue weighted by atomic mass is 16.5. The number of para-hydroxylation sites is 1. The summed E-state index contributed by atoms with van der Waals surface area (Å²) >= 11 is 0. The Kier molecular flexibility index (Phi) is 6.73. The fourth-order valence-corrected chi connectivity index (χ4v) is 3.54. The Morgan fingerprint density at radius 3 is 2.38 bits per heavy atom. The molecule has 0 saturated heterocycles. The van der Waals surface area contributed by atoms with Crippen LogP contribution in [0, 0.1) is 0 Å². The monoisotopic (exact) mass is 454 g/mol. The number of rotatable bonds is 7. The van der Waals surface area contributed by atoms with Crippen LogP contribution in [0.15, 0.2) is 77.6 Å². The zero-order valence-corrected chi connectivity index (χ0v) is 19.4. The summed E-state index contributed by atoms with van der Waals surface area (Å²) < 4.78 is 6.54. The molecule has 34 heavy (non-hydrogen) atoms. The number of anilines is 2. The Hall–Kier alpha value is -4.39. The molecule has 0 saturated carbocycles. The van der Waals surface area contributed by atoms with E-state index in [9.17, 15) is 9.59 Å². The van der Waals surface area contributed by atoms with Gasteiger partial charge in [0, 0.05) is 25.5 Å². The average Bonchev–Trinajstić information content (AvgIpc) is 2.85. The number of amides is 1. The van der Waals surface area contributed by atoms with Gasteiger partial charge in [-0.25, -0.2) is 4.98 Å². The molecule has 0 unspecified atom stereocenters. The van der Waals surface area contributed by atoms with Gasteiger partial charge in [-0.15, -0.1) is 0 Å². The van der Waals surface area contributed by atoms with Crippen molar-refractivity contribution in [2.24, 2.45) is 0 Å². The lowest BCUT2D eigenvalue weighted by molar-refractivity contribution is -0.116. The van der Waals surface area contributed by atoms with Crippen molar-refractivity contribution in [1.29, 1.82) is 0 Å². The molecule has 7 heteroatoms. The second-order valence-electron chi connectivity index (χ2n) is 7.97. The molecule has 172 valence electrons. The van der Waals surface area contributed by atoms with Crippen molar-refractivity contribution in [2.45, 2.75) is 6.54 Å². The first kappa shape index (κ1) is 22.8. The van der Waals surface area contributed by atoms with E-state index in [0.29, 0.717) is 28.2 Å². The maximum atomic E-state index is 13.2. The van der Waals surface area contributed by atoms with Crippen LogP contribution in [-0.2, 0) is 11.3 Å². The number of nitrogens with one attached hydrogen (secondary N) is 1. The summed E-state index contributed by atoms with van der Waals surface area (Å²) in [5.74, 6) is 0.776. The van der Waals surface area contributed by atoms with E-state index in [1.165, 1.54) is 4.57 Å². The molecule has 0 aliphatic carbocycles. The summed E-state index contributed by atoms with van der Waals surface area (Å²) in [6.07, 6.45) is 3.65. The highest BCUT2D eigenvalue weighted by Crippen LogP contribution is 2.17. The van der Waals surface area contributed by atoms with E-state index in [2.05, 4.69) is 10.3 Å². The largest absolute Gasteiger partial charge is 0.497 e. The lowest BCUT2D eigenvalue weighted by Gasteiger charge is -2.13. The number of fused-ring (bicyclic) bond motifs is 1. The quantitative estimate of drug-likeness (QED) is 0.451. The number of hydrogen-bond acceptors (Lipinski definition) is 5. The van der Waals surface area contributed by atoms with E-state index in [0.717, 1.165) is 11.3 Å². The van der Waals surface area contributed by atoms with Crippen LogP contribution in [0.4, 0.5) is 11.4 Å². The molecule has 1 heterocycles. The second kappa shape index (κ2) is 10.0. The van der Waals surface area contributed by atoms with Crippen molar-refractivity contribution in [1.82, 2.24) is 9.55 Å². The predicted octanol–water partition coefficient (Wildman–Crippen LogP) is 4.28. The van der Waals surface area contributed by atoms with Crippen LogP contribution >= 0.6 is 0 Å². The molecule has 0 atom stereocenters. The van der Waals surface area contributed by atoms with E-state index in [1.807, 2.05) is 55.4 Å². The second-order valence-corrected chi connectivity index (χ2v) is 7.97. The molecule has 0 fully saturated rings. The summed E-state index contributed by atoms with van der Waals surface area (Å²) in [4.78, 5) is 32.7. The third-order valence-corrected chi connectivity index (χ3v) is 5.40. The van der Waals surface area contributed by atoms with Crippen LogP contribution in [0.25, 0.3) is 23.1 Å². The van der Waals surface area contributed by atoms with Crippen molar-refractivity contribution in [3.8, 4) is 5.75 Å². The minimum Gasteiger partial charge on any atom is -0.497 e. The van der Waals surface area contributed by atoms with E-state index >= 15 is 0 Å². The Morgan fingerprint density at radius 1 is 1.00 bits per heavy atom. The predicted molar refractivity (Wildman–Crippen MR) is 137 cm³/mol. The Morgan fingerprint density at radius 2 is 1.71 bits per heavy atom. The fourth-order valence-electron chi connectivity index (χ4n) is 3.54. The smallest absolute Gasteiger partial charge is 0.262 e. The van der Waals surface area contributed by atoms with Crippen molar-refractivity contribution in [3.05, 3.63) is 94.5 Å². The van der Waals surface area contributed by atoms with Gasteiger partial charge >= 0.3 is 0 Å². The molecule has 1 amide bonds. The van der Waals surface area contributed by atoms with Crippen molar-refractivity contribution in [2.75, 3.05) is 31.4 Å². The number of hydrogen-bond donors (Lipinski definition) is 1. The van der Waals surface area contributed by atoms with Crippen LogP contribution in [0.1, 0.15) is 11.4 Å². The van der Waals surface area contributed by atoms with Gasteiger partial charge in [0.05, 0.1) is 18.0 Å². The minimum atomic E-state index is -0.325. The summed E-state index contributed by atoms with van der Waals surface area (Å²) in [7, 11) is 5.55. The number of carbonyl (C=O) groups excluding carboxylic acids is 1. The number of aromatic nitrogens is 2. The molecular formula is C27H26N4O3. The standard InChI is InChI=1S/C27H26N4O3/c1-30(2)21-13-8-19(9-14-21)10-17-25-29-24-7-5-4-6-23(24)27(33)31(25)18-26(32)28-20-11-15-22(34-3)16-12-20/h4-17H,18H2,1-3H3,(H,28,32)/b17-10+. The van der Waals surface area contributed by atoms with Gasteiger partial charge in [0.2, 0.25) is 5.91 Å². The lowest BCUT2D eigenvalue weighted by atomic mass is 10.2.